The Morgan fingerprint density at radius 1 is 0.737 bits per heavy atom. The number of hydrogen-bond acceptors (Lipinski definition) is 1. The average Bonchev–Trinajstić information content (AvgIpc) is 2.95. The SMILES string of the molecule is O=C[C@]12CC[C@@H]3CCC[C@H]3[C@@H]1CC[C@H]1CCCC[C@@H]12. The van der Waals surface area contributed by atoms with Crippen LogP contribution in [-0.2, 0) is 4.79 Å². The minimum absolute atomic E-state index is 0.120. The second-order valence-electron chi connectivity index (χ2n) is 7.96. The molecule has 0 spiro atoms. The second kappa shape index (κ2) is 4.60. The van der Waals surface area contributed by atoms with Gasteiger partial charge in [0.05, 0.1) is 0 Å². The lowest BCUT2D eigenvalue weighted by molar-refractivity contribution is -0.144. The first-order valence-electron chi connectivity index (χ1n) is 8.81. The van der Waals surface area contributed by atoms with Gasteiger partial charge in [-0.3, -0.25) is 0 Å². The number of carbonyl (C=O) groups excluding carboxylic acids is 1. The van der Waals surface area contributed by atoms with Crippen molar-refractivity contribution in [2.75, 3.05) is 0 Å². The highest BCUT2D eigenvalue weighted by molar-refractivity contribution is 5.61. The largest absolute Gasteiger partial charge is 0.303 e. The number of rotatable bonds is 1. The Labute approximate surface area is 117 Å². The lowest BCUT2D eigenvalue weighted by Gasteiger charge is -2.57. The summed E-state index contributed by atoms with van der Waals surface area (Å²) in [6.07, 6.45) is 16.8. The van der Waals surface area contributed by atoms with E-state index in [1.54, 1.807) is 0 Å². The van der Waals surface area contributed by atoms with Crippen LogP contribution in [0.3, 0.4) is 0 Å². The van der Waals surface area contributed by atoms with Crippen LogP contribution >= 0.6 is 0 Å². The van der Waals surface area contributed by atoms with Gasteiger partial charge in [0, 0.05) is 5.41 Å². The molecule has 0 saturated heterocycles. The van der Waals surface area contributed by atoms with Gasteiger partial charge in [-0.25, -0.2) is 0 Å². The third-order valence-corrected chi connectivity index (χ3v) is 7.54. The van der Waals surface area contributed by atoms with Gasteiger partial charge in [-0.15, -0.1) is 0 Å². The molecule has 1 heteroatoms. The smallest absolute Gasteiger partial charge is 0.126 e. The second-order valence-corrected chi connectivity index (χ2v) is 7.96. The van der Waals surface area contributed by atoms with E-state index in [0.717, 1.165) is 29.6 Å². The summed E-state index contributed by atoms with van der Waals surface area (Å²) in [5.41, 5.74) is 0.120. The molecule has 0 aromatic heterocycles. The van der Waals surface area contributed by atoms with Crippen molar-refractivity contribution in [1.29, 1.82) is 0 Å². The van der Waals surface area contributed by atoms with Gasteiger partial charge in [0.15, 0.2) is 0 Å². The van der Waals surface area contributed by atoms with Gasteiger partial charge >= 0.3 is 0 Å². The quantitative estimate of drug-likeness (QED) is 0.630. The van der Waals surface area contributed by atoms with Gasteiger partial charge in [0.1, 0.15) is 6.29 Å². The first-order chi connectivity index (χ1) is 9.35. The van der Waals surface area contributed by atoms with E-state index >= 15 is 0 Å². The summed E-state index contributed by atoms with van der Waals surface area (Å²) in [4.78, 5) is 12.2. The molecule has 0 aliphatic heterocycles. The molecule has 0 bridgehead atoms. The van der Waals surface area contributed by atoms with E-state index in [1.165, 1.54) is 76.9 Å². The van der Waals surface area contributed by atoms with Gasteiger partial charge in [-0.05, 0) is 68.1 Å². The van der Waals surface area contributed by atoms with Crippen molar-refractivity contribution in [3.63, 3.8) is 0 Å². The van der Waals surface area contributed by atoms with E-state index in [1.807, 2.05) is 0 Å². The van der Waals surface area contributed by atoms with Crippen LogP contribution in [0.1, 0.15) is 70.6 Å². The first-order valence-corrected chi connectivity index (χ1v) is 8.81. The average molecular weight is 260 g/mol. The molecule has 0 heterocycles. The van der Waals surface area contributed by atoms with E-state index in [9.17, 15) is 4.79 Å². The Bertz CT molecular complexity index is 363. The molecule has 4 aliphatic carbocycles. The summed E-state index contributed by atoms with van der Waals surface area (Å²) in [6, 6.07) is 0. The molecule has 4 saturated carbocycles. The monoisotopic (exact) mass is 260 g/mol. The number of aldehydes is 1. The van der Waals surface area contributed by atoms with Crippen molar-refractivity contribution >= 4 is 6.29 Å². The lowest BCUT2D eigenvalue weighted by Crippen LogP contribution is -2.53. The van der Waals surface area contributed by atoms with Gasteiger partial charge in [0.2, 0.25) is 0 Å². The summed E-state index contributed by atoms with van der Waals surface area (Å²) in [5, 5.41) is 0. The minimum atomic E-state index is 0.120. The zero-order chi connectivity index (χ0) is 12.9. The Morgan fingerprint density at radius 3 is 2.47 bits per heavy atom. The lowest BCUT2D eigenvalue weighted by atomic mass is 9.46. The molecule has 106 valence electrons. The van der Waals surface area contributed by atoms with Crippen molar-refractivity contribution < 1.29 is 4.79 Å². The van der Waals surface area contributed by atoms with Crippen LogP contribution in [-0.4, -0.2) is 6.29 Å². The number of hydrogen-bond donors (Lipinski definition) is 0. The predicted octanol–water partition coefficient (Wildman–Crippen LogP) is 4.60. The van der Waals surface area contributed by atoms with Crippen molar-refractivity contribution in [3.8, 4) is 0 Å². The maximum atomic E-state index is 12.2. The summed E-state index contributed by atoms with van der Waals surface area (Å²) >= 11 is 0. The third-order valence-electron chi connectivity index (χ3n) is 7.54. The van der Waals surface area contributed by atoms with E-state index in [2.05, 4.69) is 0 Å². The maximum absolute atomic E-state index is 12.2. The van der Waals surface area contributed by atoms with E-state index in [4.69, 9.17) is 0 Å². The Hall–Kier alpha value is -0.330. The summed E-state index contributed by atoms with van der Waals surface area (Å²) in [6.45, 7) is 0. The summed E-state index contributed by atoms with van der Waals surface area (Å²) in [5.74, 6) is 4.33. The predicted molar refractivity (Wildman–Crippen MR) is 76.7 cm³/mol. The van der Waals surface area contributed by atoms with Crippen molar-refractivity contribution in [1.82, 2.24) is 0 Å². The van der Waals surface area contributed by atoms with E-state index in [0.29, 0.717) is 0 Å². The van der Waals surface area contributed by atoms with E-state index < -0.39 is 0 Å². The van der Waals surface area contributed by atoms with Gasteiger partial charge in [0.25, 0.3) is 0 Å². The fourth-order valence-corrected chi connectivity index (χ4v) is 6.80. The third kappa shape index (κ3) is 1.69. The molecular formula is C18H28O. The molecule has 0 amide bonds. The molecule has 6 atom stereocenters. The maximum Gasteiger partial charge on any atom is 0.126 e. The van der Waals surface area contributed by atoms with Crippen LogP contribution in [0.5, 0.6) is 0 Å². The highest BCUT2D eigenvalue weighted by Gasteiger charge is 2.57. The van der Waals surface area contributed by atoms with Crippen LogP contribution in [0.15, 0.2) is 0 Å². The molecule has 1 nitrogen and oxygen atoms in total. The molecule has 0 unspecified atom stereocenters. The van der Waals surface area contributed by atoms with Crippen LogP contribution in [0.2, 0.25) is 0 Å². The van der Waals surface area contributed by atoms with Crippen LogP contribution in [0, 0.1) is 35.0 Å². The molecule has 0 radical (unpaired) electrons. The highest BCUT2D eigenvalue weighted by atomic mass is 16.1. The molecule has 19 heavy (non-hydrogen) atoms. The molecule has 4 rings (SSSR count). The summed E-state index contributed by atoms with van der Waals surface area (Å²) in [7, 11) is 0. The van der Waals surface area contributed by atoms with Crippen LogP contribution in [0.25, 0.3) is 0 Å². The first kappa shape index (κ1) is 12.4. The molecule has 4 fully saturated rings. The zero-order valence-electron chi connectivity index (χ0n) is 12.2. The molecule has 0 N–H and O–H groups in total. The molecule has 0 aromatic carbocycles. The van der Waals surface area contributed by atoms with Crippen molar-refractivity contribution in [3.05, 3.63) is 0 Å². The Morgan fingerprint density at radius 2 is 1.58 bits per heavy atom. The standard InChI is InChI=1S/C18H28O/c19-12-18-11-10-13-5-3-6-15(13)17(18)9-8-14-4-1-2-7-16(14)18/h12-17H,1-11H2/t13-,14+,15+,16-,17-,18-/m0/s1. The van der Waals surface area contributed by atoms with Crippen LogP contribution < -0.4 is 0 Å². The fourth-order valence-electron chi connectivity index (χ4n) is 6.80. The normalized spacial score (nSPS) is 52.9. The van der Waals surface area contributed by atoms with Gasteiger partial charge in [-0.1, -0.05) is 32.1 Å². The van der Waals surface area contributed by atoms with Crippen LogP contribution in [0.4, 0.5) is 0 Å². The fraction of sp³-hybridized carbons (Fsp3) is 0.944. The van der Waals surface area contributed by atoms with E-state index in [-0.39, 0.29) is 5.41 Å². The topological polar surface area (TPSA) is 17.1 Å². The zero-order valence-corrected chi connectivity index (χ0v) is 12.2. The number of fused-ring (bicyclic) bond motifs is 5. The molecule has 4 aliphatic rings. The minimum Gasteiger partial charge on any atom is -0.303 e. The molecular weight excluding hydrogens is 232 g/mol. The van der Waals surface area contributed by atoms with Gasteiger partial charge in [-0.2, -0.15) is 0 Å². The molecule has 0 aromatic rings. The highest BCUT2D eigenvalue weighted by Crippen LogP contribution is 2.63. The Kier molecular flexibility index (Phi) is 3.01. The van der Waals surface area contributed by atoms with Gasteiger partial charge < -0.3 is 4.79 Å². The Balaban J connectivity index is 1.68. The summed E-state index contributed by atoms with van der Waals surface area (Å²) < 4.78 is 0. The van der Waals surface area contributed by atoms with Crippen molar-refractivity contribution in [2.24, 2.45) is 35.0 Å². The number of carbonyl (C=O) groups is 1. The van der Waals surface area contributed by atoms with Crippen molar-refractivity contribution in [2.45, 2.75) is 70.6 Å².